The van der Waals surface area contributed by atoms with Gasteiger partial charge in [-0.1, -0.05) is 23.4 Å². The van der Waals surface area contributed by atoms with Crippen LogP contribution >= 0.6 is 0 Å². The zero-order chi connectivity index (χ0) is 15.3. The van der Waals surface area contributed by atoms with Crippen LogP contribution in [-0.2, 0) is 0 Å². The molecule has 0 bridgehead atoms. The highest BCUT2D eigenvalue weighted by Crippen LogP contribution is 2.41. The van der Waals surface area contributed by atoms with Gasteiger partial charge in [0.15, 0.2) is 0 Å². The van der Waals surface area contributed by atoms with Gasteiger partial charge in [0.1, 0.15) is 11.3 Å². The molecule has 1 saturated heterocycles. The van der Waals surface area contributed by atoms with E-state index in [0.29, 0.717) is 28.9 Å². The maximum Gasteiger partial charge on any atom is 0.263 e. The SMILES string of the molecule is Cc1noc(C)c1C(=O)N1C[C@H]2CNC[C@@H]2c2ccccc21. The van der Waals surface area contributed by atoms with Crippen molar-refractivity contribution in [2.24, 2.45) is 5.92 Å². The van der Waals surface area contributed by atoms with Crippen molar-refractivity contribution in [1.29, 1.82) is 0 Å². The van der Waals surface area contributed by atoms with Crippen molar-refractivity contribution < 1.29 is 9.32 Å². The molecule has 1 amide bonds. The fourth-order valence-corrected chi connectivity index (χ4v) is 3.78. The van der Waals surface area contributed by atoms with Crippen LogP contribution in [0.1, 0.15) is 33.3 Å². The van der Waals surface area contributed by atoms with E-state index in [1.807, 2.05) is 24.0 Å². The number of fused-ring (bicyclic) bond motifs is 3. The second-order valence-corrected chi connectivity index (χ2v) is 6.20. The molecular weight excluding hydrogens is 278 g/mol. The molecule has 1 aromatic carbocycles. The molecule has 2 aliphatic rings. The summed E-state index contributed by atoms with van der Waals surface area (Å²) < 4.78 is 5.17. The van der Waals surface area contributed by atoms with Crippen molar-refractivity contribution >= 4 is 11.6 Å². The van der Waals surface area contributed by atoms with E-state index in [9.17, 15) is 4.79 Å². The van der Waals surface area contributed by atoms with E-state index in [2.05, 4.69) is 22.6 Å². The summed E-state index contributed by atoms with van der Waals surface area (Å²) in [6, 6.07) is 8.24. The second kappa shape index (κ2) is 4.95. The number of hydrogen-bond donors (Lipinski definition) is 1. The normalized spacial score (nSPS) is 23.3. The Bertz CT molecular complexity index is 718. The third-order valence-corrected chi connectivity index (χ3v) is 4.88. The number of carbonyl (C=O) groups excluding carboxylic acids is 1. The third kappa shape index (κ3) is 1.89. The molecule has 2 aliphatic heterocycles. The van der Waals surface area contributed by atoms with Crippen LogP contribution in [0.3, 0.4) is 0 Å². The molecule has 0 radical (unpaired) electrons. The molecule has 0 unspecified atom stereocenters. The Kier molecular flexibility index (Phi) is 3.04. The number of anilines is 1. The van der Waals surface area contributed by atoms with Crippen molar-refractivity contribution in [2.75, 3.05) is 24.5 Å². The first-order valence-electron chi connectivity index (χ1n) is 7.71. The lowest BCUT2D eigenvalue weighted by atomic mass is 9.83. The molecular formula is C17H19N3O2. The van der Waals surface area contributed by atoms with Crippen LogP contribution in [-0.4, -0.2) is 30.7 Å². The smallest absolute Gasteiger partial charge is 0.263 e. The number of para-hydroxylation sites is 1. The molecule has 5 nitrogen and oxygen atoms in total. The van der Waals surface area contributed by atoms with Crippen LogP contribution in [0, 0.1) is 19.8 Å². The number of benzene rings is 1. The highest BCUT2D eigenvalue weighted by atomic mass is 16.5. The van der Waals surface area contributed by atoms with E-state index in [0.717, 1.165) is 25.3 Å². The Morgan fingerprint density at radius 1 is 1.32 bits per heavy atom. The van der Waals surface area contributed by atoms with E-state index < -0.39 is 0 Å². The molecule has 0 saturated carbocycles. The summed E-state index contributed by atoms with van der Waals surface area (Å²) in [4.78, 5) is 15.0. The van der Waals surface area contributed by atoms with Crippen molar-refractivity contribution in [1.82, 2.24) is 10.5 Å². The van der Waals surface area contributed by atoms with Gasteiger partial charge in [-0.2, -0.15) is 0 Å². The van der Waals surface area contributed by atoms with E-state index >= 15 is 0 Å². The summed E-state index contributed by atoms with van der Waals surface area (Å²) >= 11 is 0. The predicted octanol–water partition coefficient (Wildman–Crippen LogP) is 2.25. The van der Waals surface area contributed by atoms with Crippen LogP contribution < -0.4 is 10.2 Å². The van der Waals surface area contributed by atoms with Gasteiger partial charge in [0.05, 0.1) is 5.69 Å². The second-order valence-electron chi connectivity index (χ2n) is 6.20. The zero-order valence-electron chi connectivity index (χ0n) is 12.8. The minimum absolute atomic E-state index is 0.00551. The highest BCUT2D eigenvalue weighted by molar-refractivity contribution is 6.08. The Morgan fingerprint density at radius 2 is 2.14 bits per heavy atom. The third-order valence-electron chi connectivity index (χ3n) is 4.88. The van der Waals surface area contributed by atoms with E-state index in [1.165, 1.54) is 5.56 Å². The summed E-state index contributed by atoms with van der Waals surface area (Å²) in [7, 11) is 0. The number of aromatic nitrogens is 1. The number of amides is 1. The monoisotopic (exact) mass is 297 g/mol. The van der Waals surface area contributed by atoms with Crippen LogP contribution in [0.4, 0.5) is 5.69 Å². The van der Waals surface area contributed by atoms with Gasteiger partial charge in [-0.3, -0.25) is 4.79 Å². The summed E-state index contributed by atoms with van der Waals surface area (Å²) in [5.41, 5.74) is 3.55. The number of aryl methyl sites for hydroxylation is 2. The molecule has 5 heteroatoms. The standard InChI is InChI=1S/C17H19N3O2/c1-10-16(11(2)22-19-10)17(21)20-9-12-7-18-8-14(12)13-5-3-4-6-15(13)20/h3-6,12,14,18H,7-9H2,1-2H3/t12-,14+/m1/s1. The maximum absolute atomic E-state index is 13.1. The lowest BCUT2D eigenvalue weighted by Crippen LogP contribution is -2.42. The number of carbonyl (C=O) groups is 1. The Hall–Kier alpha value is -2.14. The molecule has 0 aliphatic carbocycles. The van der Waals surface area contributed by atoms with Gasteiger partial charge in [0, 0.05) is 31.2 Å². The van der Waals surface area contributed by atoms with Crippen LogP contribution in [0.5, 0.6) is 0 Å². The highest BCUT2D eigenvalue weighted by Gasteiger charge is 2.39. The summed E-state index contributed by atoms with van der Waals surface area (Å²) in [6.07, 6.45) is 0. The topological polar surface area (TPSA) is 58.4 Å². The lowest BCUT2D eigenvalue weighted by Gasteiger charge is -2.36. The van der Waals surface area contributed by atoms with Gasteiger partial charge in [-0.15, -0.1) is 0 Å². The molecule has 0 spiro atoms. The molecule has 3 heterocycles. The van der Waals surface area contributed by atoms with Crippen LogP contribution in [0.2, 0.25) is 0 Å². The molecule has 22 heavy (non-hydrogen) atoms. The van der Waals surface area contributed by atoms with E-state index in [4.69, 9.17) is 4.52 Å². The maximum atomic E-state index is 13.1. The molecule has 2 aromatic rings. The van der Waals surface area contributed by atoms with Gasteiger partial charge in [0.25, 0.3) is 5.91 Å². The van der Waals surface area contributed by atoms with Crippen molar-refractivity contribution in [3.8, 4) is 0 Å². The zero-order valence-corrected chi connectivity index (χ0v) is 12.8. The molecule has 2 atom stereocenters. The number of nitrogens with zero attached hydrogens (tertiary/aromatic N) is 2. The average molecular weight is 297 g/mol. The first-order valence-corrected chi connectivity index (χ1v) is 7.71. The van der Waals surface area contributed by atoms with E-state index in [-0.39, 0.29) is 5.91 Å². The molecule has 1 N–H and O–H groups in total. The quantitative estimate of drug-likeness (QED) is 0.877. The van der Waals surface area contributed by atoms with Gasteiger partial charge >= 0.3 is 0 Å². The van der Waals surface area contributed by atoms with Gasteiger partial charge in [0.2, 0.25) is 0 Å². The number of hydrogen-bond acceptors (Lipinski definition) is 4. The molecule has 4 rings (SSSR count). The van der Waals surface area contributed by atoms with Crippen molar-refractivity contribution in [2.45, 2.75) is 19.8 Å². The molecule has 114 valence electrons. The van der Waals surface area contributed by atoms with Gasteiger partial charge in [-0.05, 0) is 31.4 Å². The van der Waals surface area contributed by atoms with Crippen LogP contribution in [0.25, 0.3) is 0 Å². The van der Waals surface area contributed by atoms with Crippen molar-refractivity contribution in [3.63, 3.8) is 0 Å². The largest absolute Gasteiger partial charge is 0.361 e. The first-order chi connectivity index (χ1) is 10.7. The molecule has 1 fully saturated rings. The fourth-order valence-electron chi connectivity index (χ4n) is 3.78. The van der Waals surface area contributed by atoms with Crippen molar-refractivity contribution in [3.05, 3.63) is 46.8 Å². The van der Waals surface area contributed by atoms with Crippen LogP contribution in [0.15, 0.2) is 28.8 Å². The summed E-state index contributed by atoms with van der Waals surface area (Å²) in [6.45, 7) is 6.32. The minimum Gasteiger partial charge on any atom is -0.361 e. The Morgan fingerprint density at radius 3 is 2.91 bits per heavy atom. The van der Waals surface area contributed by atoms with Gasteiger partial charge in [-0.25, -0.2) is 0 Å². The fraction of sp³-hybridized carbons (Fsp3) is 0.412. The first kappa shape index (κ1) is 13.5. The Balaban J connectivity index is 1.79. The average Bonchev–Trinajstić information content (AvgIpc) is 3.12. The Labute approximate surface area is 129 Å². The number of rotatable bonds is 1. The summed E-state index contributed by atoms with van der Waals surface area (Å²) in [5, 5.41) is 7.37. The number of nitrogens with one attached hydrogen (secondary N) is 1. The van der Waals surface area contributed by atoms with Gasteiger partial charge < -0.3 is 14.7 Å². The molecule has 1 aromatic heterocycles. The minimum atomic E-state index is -0.00551. The summed E-state index contributed by atoms with van der Waals surface area (Å²) in [5.74, 6) is 1.56. The lowest BCUT2D eigenvalue weighted by molar-refractivity contribution is 0.0978. The predicted molar refractivity (Wildman–Crippen MR) is 83.2 cm³/mol. The van der Waals surface area contributed by atoms with E-state index in [1.54, 1.807) is 6.92 Å².